The zero-order valence-electron chi connectivity index (χ0n) is 14.3. The summed E-state index contributed by atoms with van der Waals surface area (Å²) in [5.74, 6) is -0.688. The molecule has 4 aromatic rings. The highest BCUT2D eigenvalue weighted by Gasteiger charge is 2.17. The molecule has 4 heterocycles. The first-order chi connectivity index (χ1) is 13.1. The van der Waals surface area contributed by atoms with Crippen molar-refractivity contribution in [3.05, 3.63) is 66.5 Å². The predicted octanol–water partition coefficient (Wildman–Crippen LogP) is 3.68. The standard InChI is InChI=1S/C18H14F2N6O/c1-11-2-3-12(6-21-11)15-9-26(10-23-15)8-14-5-4-13(7-22-14)17-24-25-18(27-17)16(19)20/h2-7,9-10,16H,8H2,1H3. The van der Waals surface area contributed by atoms with Gasteiger partial charge in [-0.1, -0.05) is 0 Å². The van der Waals surface area contributed by atoms with Crippen LogP contribution in [0.25, 0.3) is 22.7 Å². The van der Waals surface area contributed by atoms with Crippen LogP contribution in [0.3, 0.4) is 0 Å². The lowest BCUT2D eigenvalue weighted by molar-refractivity contribution is 0.116. The average molecular weight is 368 g/mol. The van der Waals surface area contributed by atoms with Crippen LogP contribution < -0.4 is 0 Å². The first kappa shape index (κ1) is 17.0. The number of nitrogens with zero attached hydrogens (tertiary/aromatic N) is 6. The maximum atomic E-state index is 12.5. The van der Waals surface area contributed by atoms with Crippen LogP contribution in [0.1, 0.15) is 23.7 Å². The number of aryl methyl sites for hydroxylation is 1. The highest BCUT2D eigenvalue weighted by Crippen LogP contribution is 2.23. The van der Waals surface area contributed by atoms with Gasteiger partial charge in [-0.25, -0.2) is 4.98 Å². The summed E-state index contributed by atoms with van der Waals surface area (Å²) < 4.78 is 31.9. The number of halogens is 2. The summed E-state index contributed by atoms with van der Waals surface area (Å²) in [6, 6.07) is 7.38. The molecule has 0 atom stereocenters. The highest BCUT2D eigenvalue weighted by atomic mass is 19.3. The van der Waals surface area contributed by atoms with Crippen molar-refractivity contribution in [3.8, 4) is 22.7 Å². The molecule has 0 N–H and O–H groups in total. The fourth-order valence-electron chi connectivity index (χ4n) is 2.49. The van der Waals surface area contributed by atoms with Crippen molar-refractivity contribution in [2.24, 2.45) is 0 Å². The van der Waals surface area contributed by atoms with E-state index < -0.39 is 12.3 Å². The lowest BCUT2D eigenvalue weighted by Crippen LogP contribution is -1.99. The summed E-state index contributed by atoms with van der Waals surface area (Å²) in [5.41, 5.74) is 3.97. The molecular formula is C18H14F2N6O. The van der Waals surface area contributed by atoms with Crippen molar-refractivity contribution < 1.29 is 13.2 Å². The molecule has 27 heavy (non-hydrogen) atoms. The smallest absolute Gasteiger partial charge is 0.314 e. The summed E-state index contributed by atoms with van der Waals surface area (Å²) in [4.78, 5) is 13.0. The predicted molar refractivity (Wildman–Crippen MR) is 91.8 cm³/mol. The molecule has 4 rings (SSSR count). The first-order valence-electron chi connectivity index (χ1n) is 8.10. The molecule has 0 aliphatic heterocycles. The Balaban J connectivity index is 1.48. The Kier molecular flexibility index (Phi) is 4.41. The Labute approximate surface area is 152 Å². The second-order valence-electron chi connectivity index (χ2n) is 5.90. The molecule has 0 aliphatic carbocycles. The minimum atomic E-state index is -2.79. The molecule has 4 aromatic heterocycles. The molecule has 0 fully saturated rings. The summed E-state index contributed by atoms with van der Waals surface area (Å²) in [6.07, 6.45) is 4.14. The third-order valence-corrected chi connectivity index (χ3v) is 3.88. The molecule has 7 nitrogen and oxygen atoms in total. The Bertz CT molecular complexity index is 1040. The van der Waals surface area contributed by atoms with Gasteiger partial charge in [0.05, 0.1) is 29.8 Å². The van der Waals surface area contributed by atoms with E-state index in [0.717, 1.165) is 22.6 Å². The lowest BCUT2D eigenvalue weighted by Gasteiger charge is -2.02. The molecule has 0 unspecified atom stereocenters. The molecule has 0 saturated heterocycles. The molecule has 0 radical (unpaired) electrons. The maximum Gasteiger partial charge on any atom is 0.314 e. The van der Waals surface area contributed by atoms with Gasteiger partial charge in [0.2, 0.25) is 5.89 Å². The number of aromatic nitrogens is 6. The van der Waals surface area contributed by atoms with Crippen LogP contribution in [0.5, 0.6) is 0 Å². The monoisotopic (exact) mass is 368 g/mol. The van der Waals surface area contributed by atoms with Crippen molar-refractivity contribution in [2.75, 3.05) is 0 Å². The molecule has 9 heteroatoms. The quantitative estimate of drug-likeness (QED) is 0.534. The molecule has 0 aliphatic rings. The fraction of sp³-hybridized carbons (Fsp3) is 0.167. The number of hydrogen-bond acceptors (Lipinski definition) is 6. The van der Waals surface area contributed by atoms with Crippen LogP contribution in [0.15, 0.2) is 53.6 Å². The summed E-state index contributed by atoms with van der Waals surface area (Å²) in [5, 5.41) is 6.91. The van der Waals surface area contributed by atoms with Crippen molar-refractivity contribution in [1.29, 1.82) is 0 Å². The van der Waals surface area contributed by atoms with Gasteiger partial charge in [-0.3, -0.25) is 9.97 Å². The van der Waals surface area contributed by atoms with Gasteiger partial charge in [-0.2, -0.15) is 8.78 Å². The van der Waals surface area contributed by atoms with E-state index in [1.165, 1.54) is 6.20 Å². The van der Waals surface area contributed by atoms with Gasteiger partial charge in [0.15, 0.2) is 0 Å². The van der Waals surface area contributed by atoms with Gasteiger partial charge < -0.3 is 8.98 Å². The van der Waals surface area contributed by atoms with E-state index in [1.807, 2.05) is 29.8 Å². The summed E-state index contributed by atoms with van der Waals surface area (Å²) >= 11 is 0. The van der Waals surface area contributed by atoms with Gasteiger partial charge in [-0.15, -0.1) is 10.2 Å². The largest absolute Gasteiger partial charge is 0.415 e. The molecule has 136 valence electrons. The van der Waals surface area contributed by atoms with Crippen LogP contribution in [0, 0.1) is 6.92 Å². The normalized spacial score (nSPS) is 11.3. The molecule has 0 spiro atoms. The number of rotatable bonds is 5. The maximum absolute atomic E-state index is 12.5. The second-order valence-corrected chi connectivity index (χ2v) is 5.90. The fourth-order valence-corrected chi connectivity index (χ4v) is 2.49. The lowest BCUT2D eigenvalue weighted by atomic mass is 10.2. The van der Waals surface area contributed by atoms with Gasteiger partial charge in [0.25, 0.3) is 5.89 Å². The van der Waals surface area contributed by atoms with Crippen LogP contribution in [-0.2, 0) is 6.54 Å². The van der Waals surface area contributed by atoms with Crippen molar-refractivity contribution in [3.63, 3.8) is 0 Å². The number of pyridine rings is 2. The number of hydrogen-bond donors (Lipinski definition) is 0. The third kappa shape index (κ3) is 3.71. The van der Waals surface area contributed by atoms with E-state index in [0.29, 0.717) is 12.1 Å². The summed E-state index contributed by atoms with van der Waals surface area (Å²) in [6.45, 7) is 2.44. The number of alkyl halides is 2. The average Bonchev–Trinajstić information content (AvgIpc) is 3.33. The first-order valence-corrected chi connectivity index (χ1v) is 8.10. The summed E-state index contributed by atoms with van der Waals surface area (Å²) in [7, 11) is 0. The van der Waals surface area contributed by atoms with Crippen LogP contribution in [0.4, 0.5) is 8.78 Å². The van der Waals surface area contributed by atoms with E-state index in [9.17, 15) is 8.78 Å². The zero-order chi connectivity index (χ0) is 18.8. The highest BCUT2D eigenvalue weighted by molar-refractivity contribution is 5.56. The Hall–Kier alpha value is -3.49. The van der Waals surface area contributed by atoms with Gasteiger partial charge >= 0.3 is 6.43 Å². The zero-order valence-corrected chi connectivity index (χ0v) is 14.3. The molecular weight excluding hydrogens is 354 g/mol. The minimum Gasteiger partial charge on any atom is -0.415 e. The van der Waals surface area contributed by atoms with Crippen molar-refractivity contribution >= 4 is 0 Å². The Morgan fingerprint density at radius 1 is 1.00 bits per heavy atom. The van der Waals surface area contributed by atoms with Gasteiger partial charge in [-0.05, 0) is 31.2 Å². The topological polar surface area (TPSA) is 82.5 Å². The number of imidazole rings is 1. The SMILES string of the molecule is Cc1ccc(-c2cn(Cc3ccc(-c4nnc(C(F)F)o4)cn3)cn2)cn1. The molecule has 0 saturated carbocycles. The molecule has 0 bridgehead atoms. The second kappa shape index (κ2) is 7.02. The van der Waals surface area contributed by atoms with Crippen LogP contribution >= 0.6 is 0 Å². The van der Waals surface area contributed by atoms with E-state index in [2.05, 4.69) is 25.1 Å². The third-order valence-electron chi connectivity index (χ3n) is 3.88. The molecule has 0 aromatic carbocycles. The van der Waals surface area contributed by atoms with E-state index >= 15 is 0 Å². The van der Waals surface area contributed by atoms with E-state index in [1.54, 1.807) is 24.7 Å². The van der Waals surface area contributed by atoms with Gasteiger partial charge in [0, 0.05) is 29.8 Å². The van der Waals surface area contributed by atoms with Crippen LogP contribution in [-0.4, -0.2) is 29.7 Å². The van der Waals surface area contributed by atoms with Gasteiger partial charge in [0.1, 0.15) is 0 Å². The van der Waals surface area contributed by atoms with E-state index in [4.69, 9.17) is 4.42 Å². The Morgan fingerprint density at radius 3 is 2.48 bits per heavy atom. The molecule has 0 amide bonds. The van der Waals surface area contributed by atoms with E-state index in [-0.39, 0.29) is 5.89 Å². The minimum absolute atomic E-state index is 0.0149. The van der Waals surface area contributed by atoms with Crippen molar-refractivity contribution in [2.45, 2.75) is 19.9 Å². The van der Waals surface area contributed by atoms with Crippen molar-refractivity contribution in [1.82, 2.24) is 29.7 Å². The van der Waals surface area contributed by atoms with Crippen LogP contribution in [0.2, 0.25) is 0 Å². The Morgan fingerprint density at radius 2 is 1.81 bits per heavy atom.